The second kappa shape index (κ2) is 6.66. The Balaban J connectivity index is 4.96. The third kappa shape index (κ3) is 4.59. The largest absolute Gasteiger partial charge is 0.480 e. The van der Waals surface area contributed by atoms with Gasteiger partial charge in [-0.15, -0.1) is 0 Å². The Kier molecular flexibility index (Phi) is 6.22. The molecular weight excluding hydrogens is 262 g/mol. The maximum Gasteiger partial charge on any atom is 0.321 e. The summed E-state index contributed by atoms with van der Waals surface area (Å²) in [7, 11) is -1.22. The van der Waals surface area contributed by atoms with E-state index in [1.54, 1.807) is 0 Å². The Bertz CT molecular complexity index is 406. The third-order valence-corrected chi connectivity index (χ3v) is 4.27. The van der Waals surface area contributed by atoms with Gasteiger partial charge in [-0.1, -0.05) is 0 Å². The Morgan fingerprint density at radius 3 is 2.17 bits per heavy atom. The van der Waals surface area contributed by atoms with Gasteiger partial charge in [0.25, 0.3) is 10.2 Å². The van der Waals surface area contributed by atoms with Crippen LogP contribution in [0.3, 0.4) is 0 Å². The van der Waals surface area contributed by atoms with E-state index in [1.807, 2.05) is 0 Å². The molecule has 0 bridgehead atoms. The summed E-state index contributed by atoms with van der Waals surface area (Å²) in [6.45, 7) is 2.52. The summed E-state index contributed by atoms with van der Waals surface area (Å²) in [5, 5.41) is 11.3. The van der Waals surface area contributed by atoms with Crippen LogP contribution >= 0.6 is 0 Å². The lowest BCUT2D eigenvalue weighted by atomic mass is 10.3. The minimum absolute atomic E-state index is 0.0556. The summed E-state index contributed by atoms with van der Waals surface area (Å²) in [6.07, 6.45) is 0. The molecule has 0 aromatic rings. The van der Waals surface area contributed by atoms with E-state index in [9.17, 15) is 18.0 Å². The molecule has 2 N–H and O–H groups in total. The second-order valence-corrected chi connectivity index (χ2v) is 5.99. The molecule has 0 rings (SSSR count). The van der Waals surface area contributed by atoms with Crippen molar-refractivity contribution in [2.45, 2.75) is 19.9 Å². The lowest BCUT2D eigenvalue weighted by molar-refractivity contribution is -0.140. The molecule has 0 aliphatic rings. The highest BCUT2D eigenvalue weighted by Crippen LogP contribution is 2.09. The van der Waals surface area contributed by atoms with Gasteiger partial charge >= 0.3 is 5.97 Å². The first kappa shape index (κ1) is 16.8. The van der Waals surface area contributed by atoms with Gasteiger partial charge in [0.15, 0.2) is 0 Å². The van der Waals surface area contributed by atoms with Gasteiger partial charge in [0.05, 0.1) is 0 Å². The molecule has 0 aliphatic heterocycles. The topological polar surface area (TPSA) is 107 Å². The highest BCUT2D eigenvalue weighted by atomic mass is 32.2. The zero-order valence-electron chi connectivity index (χ0n) is 10.9. The standard InChI is InChI=1S/C9H19N3O5S/c1-7(9(14)15)12(6-5-10-8(2)13)18(16,17)11(3)4/h7H,5-6H2,1-4H3,(H,10,13)(H,14,15). The van der Waals surface area contributed by atoms with Crippen molar-refractivity contribution in [3.63, 3.8) is 0 Å². The summed E-state index contributed by atoms with van der Waals surface area (Å²) in [5.41, 5.74) is 0. The minimum atomic E-state index is -3.85. The molecule has 9 heteroatoms. The number of rotatable bonds is 7. The first-order chi connectivity index (χ1) is 8.10. The number of carboxylic acids is 1. The zero-order valence-corrected chi connectivity index (χ0v) is 11.7. The maximum absolute atomic E-state index is 11.9. The van der Waals surface area contributed by atoms with E-state index in [4.69, 9.17) is 5.11 Å². The fourth-order valence-corrected chi connectivity index (χ4v) is 2.42. The van der Waals surface area contributed by atoms with Crippen molar-refractivity contribution in [2.75, 3.05) is 27.2 Å². The summed E-state index contributed by atoms with van der Waals surface area (Å²) < 4.78 is 25.6. The van der Waals surface area contributed by atoms with Crippen molar-refractivity contribution >= 4 is 22.1 Å². The highest BCUT2D eigenvalue weighted by molar-refractivity contribution is 7.86. The average molecular weight is 281 g/mol. The van der Waals surface area contributed by atoms with Crippen molar-refractivity contribution in [1.29, 1.82) is 0 Å². The smallest absolute Gasteiger partial charge is 0.321 e. The van der Waals surface area contributed by atoms with Gasteiger partial charge in [0, 0.05) is 34.1 Å². The fourth-order valence-electron chi connectivity index (χ4n) is 1.18. The lowest BCUT2D eigenvalue weighted by Gasteiger charge is -2.28. The molecule has 0 aromatic carbocycles. The molecule has 1 unspecified atom stereocenters. The van der Waals surface area contributed by atoms with Crippen molar-refractivity contribution in [3.05, 3.63) is 0 Å². The molecule has 0 radical (unpaired) electrons. The monoisotopic (exact) mass is 281 g/mol. The van der Waals surface area contributed by atoms with E-state index in [0.717, 1.165) is 8.61 Å². The molecule has 0 saturated carbocycles. The van der Waals surface area contributed by atoms with E-state index >= 15 is 0 Å². The minimum Gasteiger partial charge on any atom is -0.480 e. The van der Waals surface area contributed by atoms with Crippen LogP contribution in [0.5, 0.6) is 0 Å². The molecule has 18 heavy (non-hydrogen) atoms. The van der Waals surface area contributed by atoms with Crippen LogP contribution in [-0.2, 0) is 19.8 Å². The molecule has 106 valence electrons. The van der Waals surface area contributed by atoms with E-state index in [-0.39, 0.29) is 19.0 Å². The zero-order chi connectivity index (χ0) is 14.5. The predicted molar refractivity (Wildman–Crippen MR) is 65.1 cm³/mol. The summed E-state index contributed by atoms with van der Waals surface area (Å²) in [5.74, 6) is -1.55. The molecular formula is C9H19N3O5S. The van der Waals surface area contributed by atoms with Gasteiger partial charge in [0.2, 0.25) is 5.91 Å². The number of nitrogens with one attached hydrogen (secondary N) is 1. The van der Waals surface area contributed by atoms with E-state index in [1.165, 1.54) is 27.9 Å². The van der Waals surface area contributed by atoms with Crippen LogP contribution in [0.1, 0.15) is 13.8 Å². The highest BCUT2D eigenvalue weighted by Gasteiger charge is 2.32. The number of carbonyl (C=O) groups is 2. The average Bonchev–Trinajstić information content (AvgIpc) is 2.22. The number of carboxylic acid groups (broad SMARTS) is 1. The Hall–Kier alpha value is -1.19. The molecule has 0 spiro atoms. The molecule has 0 heterocycles. The van der Waals surface area contributed by atoms with Crippen LogP contribution in [0.15, 0.2) is 0 Å². The molecule has 1 amide bonds. The number of hydrogen-bond acceptors (Lipinski definition) is 4. The van der Waals surface area contributed by atoms with Gasteiger partial charge in [0.1, 0.15) is 6.04 Å². The first-order valence-corrected chi connectivity index (χ1v) is 6.67. The Morgan fingerprint density at radius 1 is 1.33 bits per heavy atom. The summed E-state index contributed by atoms with van der Waals surface area (Å²) >= 11 is 0. The predicted octanol–water partition coefficient (Wildman–Crippen LogP) is -1.30. The Labute approximate surface area is 107 Å². The van der Waals surface area contributed by atoms with Crippen LogP contribution in [0.4, 0.5) is 0 Å². The van der Waals surface area contributed by atoms with Crippen LogP contribution in [0.25, 0.3) is 0 Å². The number of hydrogen-bond donors (Lipinski definition) is 2. The van der Waals surface area contributed by atoms with Crippen molar-refractivity contribution in [3.8, 4) is 0 Å². The third-order valence-electron chi connectivity index (χ3n) is 2.25. The van der Waals surface area contributed by atoms with Crippen molar-refractivity contribution in [2.24, 2.45) is 0 Å². The molecule has 0 aromatic heterocycles. The molecule has 0 aliphatic carbocycles. The molecule has 1 atom stereocenters. The Morgan fingerprint density at radius 2 is 1.83 bits per heavy atom. The lowest BCUT2D eigenvalue weighted by Crippen LogP contribution is -2.50. The van der Waals surface area contributed by atoms with Crippen LogP contribution in [-0.4, -0.2) is 67.2 Å². The number of carbonyl (C=O) groups excluding carboxylic acids is 1. The quantitative estimate of drug-likeness (QED) is 0.603. The number of nitrogens with zero attached hydrogens (tertiary/aromatic N) is 2. The first-order valence-electron chi connectivity index (χ1n) is 5.27. The van der Waals surface area contributed by atoms with Gasteiger partial charge in [-0.2, -0.15) is 17.0 Å². The normalized spacial score (nSPS) is 13.7. The summed E-state index contributed by atoms with van der Waals surface area (Å²) in [6, 6.07) is -1.20. The molecule has 8 nitrogen and oxygen atoms in total. The molecule has 0 saturated heterocycles. The fraction of sp³-hybridized carbons (Fsp3) is 0.778. The van der Waals surface area contributed by atoms with Gasteiger partial charge in [-0.25, -0.2) is 0 Å². The van der Waals surface area contributed by atoms with Gasteiger partial charge in [-0.3, -0.25) is 9.59 Å². The number of aliphatic carboxylic acids is 1. The maximum atomic E-state index is 11.9. The summed E-state index contributed by atoms with van der Waals surface area (Å²) in [4.78, 5) is 21.6. The SMILES string of the molecule is CC(=O)NCCN(C(C)C(=O)O)S(=O)(=O)N(C)C. The van der Waals surface area contributed by atoms with Crippen LogP contribution < -0.4 is 5.32 Å². The van der Waals surface area contributed by atoms with Gasteiger partial charge in [-0.05, 0) is 6.92 Å². The molecule has 0 fully saturated rings. The van der Waals surface area contributed by atoms with E-state index in [0.29, 0.717) is 0 Å². The number of amides is 1. The van der Waals surface area contributed by atoms with Crippen molar-refractivity contribution in [1.82, 2.24) is 13.9 Å². The van der Waals surface area contributed by atoms with Crippen LogP contribution in [0.2, 0.25) is 0 Å². The van der Waals surface area contributed by atoms with Gasteiger partial charge < -0.3 is 10.4 Å². The van der Waals surface area contributed by atoms with E-state index < -0.39 is 22.2 Å². The second-order valence-electron chi connectivity index (χ2n) is 3.90. The van der Waals surface area contributed by atoms with Crippen LogP contribution in [0, 0.1) is 0 Å². The van der Waals surface area contributed by atoms with E-state index in [2.05, 4.69) is 5.32 Å². The van der Waals surface area contributed by atoms with Crippen molar-refractivity contribution < 1.29 is 23.1 Å².